The minimum absolute atomic E-state index is 0.0269. The molecular weight excluding hydrogens is 879 g/mol. The first-order valence-electron chi connectivity index (χ1n) is 22.2. The fourth-order valence-electron chi connectivity index (χ4n) is 8.95. The van der Waals surface area contributed by atoms with Crippen molar-refractivity contribution >= 4 is 50.3 Å². The fourth-order valence-corrected chi connectivity index (χ4v) is 10.4. The van der Waals surface area contributed by atoms with Crippen LogP contribution in [0, 0.1) is 23.7 Å². The third-order valence-corrected chi connectivity index (χ3v) is 15.3. The third kappa shape index (κ3) is 11.6. The molecule has 360 valence electrons. The van der Waals surface area contributed by atoms with E-state index >= 15 is 0 Å². The fraction of sp³-hybridized carbons (Fsp3) is 0.659. The standard InChI is InChI=1S/C44H61F4N7O9S/c1-27(10-5-6-11-29-12-9-15-31(29)38(57)53-65(60,61)43(26-45)16-17-43)22-28(2)36(51-52-41(59)64-42(3,4)44(46,47)48)40(58)55-25-30(23-34(55)37(49)56)63-39-33-14-8-7-13-32(33)35(24-50-39)54-18-20-62-21-19-54/h6-8,11,13-14,24,27-31,34,36,51H,5,9-10,12,15-23,25-26H2,1-4H3,(H2,49,56)(H,52,59)(H,53,57)/b11-6-/t27-,28-,29-,30-,31?,34+,36+/m1/s1. The van der Waals surface area contributed by atoms with Gasteiger partial charge < -0.3 is 29.7 Å². The van der Waals surface area contributed by atoms with Crippen LogP contribution < -0.4 is 30.9 Å². The molecule has 16 nitrogen and oxygen atoms in total. The lowest BCUT2D eigenvalue weighted by molar-refractivity contribution is -0.244. The highest BCUT2D eigenvalue weighted by atomic mass is 32.2. The number of benzene rings is 1. The van der Waals surface area contributed by atoms with Crippen molar-refractivity contribution < 1.29 is 59.4 Å². The zero-order valence-corrected chi connectivity index (χ0v) is 38.0. The van der Waals surface area contributed by atoms with Gasteiger partial charge in [0.15, 0.2) is 0 Å². The largest absolute Gasteiger partial charge is 0.472 e. The summed E-state index contributed by atoms with van der Waals surface area (Å²) in [5, 5.41) is 1.62. The number of anilines is 1. The summed E-state index contributed by atoms with van der Waals surface area (Å²) in [6.07, 6.45) is 2.30. The molecule has 2 aliphatic carbocycles. The van der Waals surface area contributed by atoms with E-state index in [0.29, 0.717) is 78.1 Å². The maximum absolute atomic E-state index is 14.5. The minimum atomic E-state index is -4.89. The number of likely N-dealkylation sites (tertiary alicyclic amines) is 1. The Morgan fingerprint density at radius 1 is 1.08 bits per heavy atom. The highest BCUT2D eigenvalue weighted by Crippen LogP contribution is 2.44. The molecule has 2 saturated heterocycles. The Kier molecular flexibility index (Phi) is 15.6. The minimum Gasteiger partial charge on any atom is -0.472 e. The number of pyridine rings is 1. The molecule has 4 fully saturated rings. The second-order valence-electron chi connectivity index (χ2n) is 18.4. The highest BCUT2D eigenvalue weighted by Gasteiger charge is 2.56. The molecule has 0 bridgehead atoms. The van der Waals surface area contributed by atoms with Crippen molar-refractivity contribution in [3.05, 3.63) is 42.6 Å². The molecule has 3 heterocycles. The van der Waals surface area contributed by atoms with Crippen molar-refractivity contribution in [2.45, 2.75) is 120 Å². The van der Waals surface area contributed by atoms with E-state index in [1.54, 1.807) is 13.1 Å². The number of nitrogens with zero attached hydrogens (tertiary/aromatic N) is 3. The SMILES string of the molecule is C[C@H](CC/C=C\[C@@H]1CCCC1C(=O)NS(=O)(=O)C1(CF)CC1)C[C@@H](C)[C@H](NNC(=O)OC(C)(C)C(F)(F)F)C(=O)N1C[C@H](Oc2ncc(N3CCOCC3)c3ccccc23)C[C@H]1C(N)=O. The lowest BCUT2D eigenvalue weighted by Gasteiger charge is -2.33. The number of hydrogen-bond donors (Lipinski definition) is 4. The van der Waals surface area contributed by atoms with Gasteiger partial charge in [0, 0.05) is 36.2 Å². The number of hydrogen-bond acceptors (Lipinski definition) is 12. The van der Waals surface area contributed by atoms with E-state index in [2.05, 4.69) is 30.2 Å². The van der Waals surface area contributed by atoms with Gasteiger partial charge in [0.1, 0.15) is 29.6 Å². The van der Waals surface area contributed by atoms with Crippen LogP contribution in [0.25, 0.3) is 10.8 Å². The molecule has 7 atom stereocenters. The number of ether oxygens (including phenoxy) is 3. The van der Waals surface area contributed by atoms with Gasteiger partial charge in [-0.25, -0.2) is 28.0 Å². The molecule has 1 aromatic carbocycles. The van der Waals surface area contributed by atoms with Crippen molar-refractivity contribution in [3.63, 3.8) is 0 Å². The molecule has 0 radical (unpaired) electrons. The Balaban J connectivity index is 1.12. The van der Waals surface area contributed by atoms with E-state index in [1.165, 1.54) is 4.90 Å². The summed E-state index contributed by atoms with van der Waals surface area (Å²) in [6, 6.07) is 5.20. The molecule has 6 rings (SSSR count). The molecule has 2 saturated carbocycles. The first kappa shape index (κ1) is 49.7. The Labute approximate surface area is 376 Å². The predicted octanol–water partition coefficient (Wildman–Crippen LogP) is 5.21. The summed E-state index contributed by atoms with van der Waals surface area (Å²) < 4.78 is 96.7. The number of halogens is 4. The number of alkyl halides is 4. The summed E-state index contributed by atoms with van der Waals surface area (Å²) in [7, 11) is -4.13. The van der Waals surface area contributed by atoms with Crippen LogP contribution in [0.4, 0.5) is 28.0 Å². The topological polar surface area (TPSA) is 212 Å². The van der Waals surface area contributed by atoms with Crippen LogP contribution in [-0.2, 0) is 33.9 Å². The predicted molar refractivity (Wildman–Crippen MR) is 232 cm³/mol. The van der Waals surface area contributed by atoms with Gasteiger partial charge in [-0.15, -0.1) is 0 Å². The summed E-state index contributed by atoms with van der Waals surface area (Å²) in [5.41, 5.74) is 8.62. The Bertz CT molecular complexity index is 2190. The molecule has 4 aliphatic rings. The number of fused-ring (bicyclic) bond motifs is 1. The summed E-state index contributed by atoms with van der Waals surface area (Å²) in [6.45, 7) is 6.45. The Hall–Kier alpha value is -4.76. The highest BCUT2D eigenvalue weighted by molar-refractivity contribution is 7.91. The summed E-state index contributed by atoms with van der Waals surface area (Å²) in [4.78, 5) is 61.2. The monoisotopic (exact) mass is 939 g/mol. The quantitative estimate of drug-likeness (QED) is 0.0813. The number of nitrogens with one attached hydrogen (secondary N) is 3. The number of allylic oxidation sites excluding steroid dienone is 2. The van der Waals surface area contributed by atoms with Gasteiger partial charge in [-0.2, -0.15) is 13.2 Å². The molecule has 5 N–H and O–H groups in total. The van der Waals surface area contributed by atoms with Crippen LogP contribution in [0.2, 0.25) is 0 Å². The lowest BCUT2D eigenvalue weighted by atomic mass is 9.88. The number of rotatable bonds is 19. The van der Waals surface area contributed by atoms with Gasteiger partial charge in [-0.05, 0) is 82.6 Å². The third-order valence-electron chi connectivity index (χ3n) is 13.2. The van der Waals surface area contributed by atoms with Crippen molar-refractivity contribution in [3.8, 4) is 5.88 Å². The molecule has 1 unspecified atom stereocenters. The normalized spacial score (nSPS) is 23.8. The first-order valence-corrected chi connectivity index (χ1v) is 23.7. The summed E-state index contributed by atoms with van der Waals surface area (Å²) in [5.74, 6) is -3.17. The first-order chi connectivity index (χ1) is 30.7. The number of amides is 4. The second kappa shape index (κ2) is 20.4. The van der Waals surface area contributed by atoms with Gasteiger partial charge in [0.25, 0.3) is 0 Å². The molecule has 4 amide bonds. The van der Waals surface area contributed by atoms with Crippen LogP contribution in [0.5, 0.6) is 5.88 Å². The van der Waals surface area contributed by atoms with E-state index in [-0.39, 0.29) is 37.6 Å². The molecule has 2 aromatic rings. The number of carbonyl (C=O) groups excluding carboxylic acids is 4. The number of aromatic nitrogens is 1. The van der Waals surface area contributed by atoms with Crippen molar-refractivity contribution in [2.24, 2.45) is 29.4 Å². The van der Waals surface area contributed by atoms with Gasteiger partial charge >= 0.3 is 12.3 Å². The van der Waals surface area contributed by atoms with E-state index in [9.17, 15) is 45.2 Å². The van der Waals surface area contributed by atoms with Crippen LogP contribution >= 0.6 is 0 Å². The average molecular weight is 940 g/mol. The van der Waals surface area contributed by atoms with Crippen LogP contribution in [0.15, 0.2) is 42.6 Å². The summed E-state index contributed by atoms with van der Waals surface area (Å²) >= 11 is 0. The zero-order chi connectivity index (χ0) is 47.3. The van der Waals surface area contributed by atoms with Crippen molar-refractivity contribution in [1.82, 2.24) is 25.5 Å². The molecule has 21 heteroatoms. The molecule has 0 spiro atoms. The number of carbonyl (C=O) groups is 4. The maximum atomic E-state index is 14.5. The Morgan fingerprint density at radius 3 is 2.42 bits per heavy atom. The van der Waals surface area contributed by atoms with E-state index < -0.39 is 87.1 Å². The van der Waals surface area contributed by atoms with E-state index in [4.69, 9.17) is 15.2 Å². The van der Waals surface area contributed by atoms with E-state index in [1.807, 2.05) is 43.3 Å². The number of morpholine rings is 1. The van der Waals surface area contributed by atoms with Gasteiger partial charge in [-0.3, -0.25) is 24.5 Å². The van der Waals surface area contributed by atoms with Gasteiger partial charge in [-0.1, -0.05) is 50.6 Å². The number of nitrogens with two attached hydrogens (primary N) is 1. The van der Waals surface area contributed by atoms with Crippen molar-refractivity contribution in [1.29, 1.82) is 0 Å². The molecule has 2 aliphatic heterocycles. The van der Waals surface area contributed by atoms with Crippen LogP contribution in [0.1, 0.15) is 85.5 Å². The average Bonchev–Trinajstić information content (AvgIpc) is 3.74. The number of hydrazine groups is 1. The Morgan fingerprint density at radius 2 is 1.77 bits per heavy atom. The molecular formula is C44H61F4N7O9S. The van der Waals surface area contributed by atoms with Gasteiger partial charge in [0.2, 0.25) is 39.2 Å². The molecule has 1 aromatic heterocycles. The zero-order valence-electron chi connectivity index (χ0n) is 37.2. The molecule has 65 heavy (non-hydrogen) atoms. The maximum Gasteiger partial charge on any atom is 0.427 e. The van der Waals surface area contributed by atoms with E-state index in [0.717, 1.165) is 22.9 Å². The van der Waals surface area contributed by atoms with Crippen LogP contribution in [-0.4, -0.2) is 116 Å². The van der Waals surface area contributed by atoms with Crippen LogP contribution in [0.3, 0.4) is 0 Å². The van der Waals surface area contributed by atoms with Gasteiger partial charge in [0.05, 0.1) is 31.6 Å². The van der Waals surface area contributed by atoms with Crippen molar-refractivity contribution in [2.75, 3.05) is 44.4 Å². The smallest absolute Gasteiger partial charge is 0.427 e. The number of primary amides is 1. The second-order valence-corrected chi connectivity index (χ2v) is 20.5. The number of sulfonamides is 1. The lowest BCUT2D eigenvalue weighted by Crippen LogP contribution is -2.59.